The van der Waals surface area contributed by atoms with Crippen molar-refractivity contribution < 1.29 is 9.90 Å². The first-order chi connectivity index (χ1) is 7.70. The van der Waals surface area contributed by atoms with E-state index in [9.17, 15) is 4.79 Å². The topological polar surface area (TPSA) is 42.2 Å². The summed E-state index contributed by atoms with van der Waals surface area (Å²) in [5, 5.41) is 9.12. The van der Waals surface area contributed by atoms with Crippen molar-refractivity contribution in [3.05, 3.63) is 24.0 Å². The second-order valence-electron chi connectivity index (χ2n) is 4.79. The molecule has 3 heteroatoms. The van der Waals surface area contributed by atoms with Crippen molar-refractivity contribution >= 4 is 5.97 Å². The monoisotopic (exact) mass is 221 g/mol. The van der Waals surface area contributed by atoms with Gasteiger partial charge in [-0.2, -0.15) is 0 Å². The Balaban J connectivity index is 2.27. The molecule has 1 heterocycles. The lowest BCUT2D eigenvalue weighted by molar-refractivity contribution is 0.0680. The van der Waals surface area contributed by atoms with Crippen LogP contribution in [-0.2, 0) is 0 Å². The van der Waals surface area contributed by atoms with Crippen LogP contribution in [-0.4, -0.2) is 15.6 Å². The summed E-state index contributed by atoms with van der Waals surface area (Å²) in [6.45, 7) is 2.24. The van der Waals surface area contributed by atoms with Crippen LogP contribution in [0.2, 0.25) is 0 Å². The Morgan fingerprint density at radius 1 is 1.38 bits per heavy atom. The van der Waals surface area contributed by atoms with Gasteiger partial charge in [-0.15, -0.1) is 0 Å². The van der Waals surface area contributed by atoms with Crippen LogP contribution in [0.15, 0.2) is 18.3 Å². The van der Waals surface area contributed by atoms with Crippen molar-refractivity contribution in [3.8, 4) is 0 Å². The third-order valence-corrected chi connectivity index (χ3v) is 3.67. The number of nitrogens with zero attached hydrogens (tertiary/aromatic N) is 1. The van der Waals surface area contributed by atoms with E-state index in [1.807, 2.05) is 16.8 Å². The van der Waals surface area contributed by atoms with Gasteiger partial charge in [0.2, 0.25) is 0 Å². The van der Waals surface area contributed by atoms with Crippen LogP contribution in [0.3, 0.4) is 0 Å². The summed E-state index contributed by atoms with van der Waals surface area (Å²) in [6, 6.07) is 3.89. The molecule has 2 unspecified atom stereocenters. The predicted octanol–water partition coefficient (Wildman–Crippen LogP) is 3.33. The molecule has 0 spiro atoms. The van der Waals surface area contributed by atoms with Gasteiger partial charge in [-0.3, -0.25) is 0 Å². The number of rotatable bonds is 2. The van der Waals surface area contributed by atoms with E-state index in [4.69, 9.17) is 5.11 Å². The van der Waals surface area contributed by atoms with Gasteiger partial charge in [-0.05, 0) is 30.9 Å². The van der Waals surface area contributed by atoms with Crippen molar-refractivity contribution in [2.24, 2.45) is 5.92 Å². The number of carboxylic acid groups (broad SMARTS) is 1. The fraction of sp³-hybridized carbons (Fsp3) is 0.615. The van der Waals surface area contributed by atoms with Crippen LogP contribution >= 0.6 is 0 Å². The molecule has 1 aliphatic carbocycles. The van der Waals surface area contributed by atoms with Crippen molar-refractivity contribution in [1.29, 1.82) is 0 Å². The standard InChI is InChI=1S/C13H19NO2/c1-10-6-3-2-4-7-11(10)14-9-5-8-12(14)13(15)16/h5,8-11H,2-4,6-7H2,1H3,(H,15,16). The average Bonchev–Trinajstić information content (AvgIpc) is 2.63. The largest absolute Gasteiger partial charge is 0.477 e. The number of aromatic nitrogens is 1. The van der Waals surface area contributed by atoms with E-state index in [1.165, 1.54) is 25.7 Å². The van der Waals surface area contributed by atoms with Crippen molar-refractivity contribution in [2.45, 2.75) is 45.1 Å². The maximum absolute atomic E-state index is 11.1. The minimum absolute atomic E-state index is 0.364. The molecular formula is C13H19NO2. The maximum atomic E-state index is 11.1. The second-order valence-corrected chi connectivity index (χ2v) is 4.79. The lowest BCUT2D eigenvalue weighted by Crippen LogP contribution is -2.19. The number of carboxylic acids is 1. The highest BCUT2D eigenvalue weighted by molar-refractivity contribution is 5.85. The highest BCUT2D eigenvalue weighted by Gasteiger charge is 2.24. The molecule has 1 aliphatic rings. The first kappa shape index (κ1) is 11.2. The zero-order valence-electron chi connectivity index (χ0n) is 9.72. The molecule has 0 bridgehead atoms. The van der Waals surface area contributed by atoms with E-state index in [0.29, 0.717) is 17.7 Å². The molecule has 1 saturated carbocycles. The van der Waals surface area contributed by atoms with E-state index < -0.39 is 5.97 Å². The normalized spacial score (nSPS) is 26.3. The number of carbonyl (C=O) groups is 1. The summed E-state index contributed by atoms with van der Waals surface area (Å²) in [6.07, 6.45) is 8.01. The van der Waals surface area contributed by atoms with E-state index >= 15 is 0 Å². The van der Waals surface area contributed by atoms with Gasteiger partial charge >= 0.3 is 5.97 Å². The van der Waals surface area contributed by atoms with Crippen LogP contribution in [0.4, 0.5) is 0 Å². The highest BCUT2D eigenvalue weighted by atomic mass is 16.4. The Kier molecular flexibility index (Phi) is 3.32. The molecule has 0 amide bonds. The summed E-state index contributed by atoms with van der Waals surface area (Å²) in [7, 11) is 0. The van der Waals surface area contributed by atoms with E-state index in [-0.39, 0.29) is 0 Å². The quantitative estimate of drug-likeness (QED) is 0.778. The zero-order chi connectivity index (χ0) is 11.5. The van der Waals surface area contributed by atoms with Gasteiger partial charge in [-0.25, -0.2) is 4.79 Å². The molecule has 0 aromatic carbocycles. The Bertz CT molecular complexity index is 370. The lowest BCUT2D eigenvalue weighted by atomic mass is 9.96. The molecule has 1 aromatic rings. The van der Waals surface area contributed by atoms with E-state index in [2.05, 4.69) is 6.92 Å². The van der Waals surface area contributed by atoms with E-state index in [1.54, 1.807) is 6.07 Å². The van der Waals surface area contributed by atoms with Gasteiger partial charge in [0.05, 0.1) is 0 Å². The summed E-state index contributed by atoms with van der Waals surface area (Å²) in [4.78, 5) is 11.1. The molecule has 2 atom stereocenters. The molecule has 1 N–H and O–H groups in total. The van der Waals surface area contributed by atoms with Gasteiger partial charge < -0.3 is 9.67 Å². The van der Waals surface area contributed by atoms with Crippen LogP contribution in [0.25, 0.3) is 0 Å². The molecular weight excluding hydrogens is 202 g/mol. The smallest absolute Gasteiger partial charge is 0.352 e. The van der Waals surface area contributed by atoms with Crippen molar-refractivity contribution in [3.63, 3.8) is 0 Å². The summed E-state index contributed by atoms with van der Waals surface area (Å²) >= 11 is 0. The first-order valence-electron chi connectivity index (χ1n) is 6.10. The minimum atomic E-state index is -0.818. The number of hydrogen-bond donors (Lipinski definition) is 1. The number of hydrogen-bond acceptors (Lipinski definition) is 1. The molecule has 1 fully saturated rings. The summed E-state index contributed by atoms with van der Waals surface area (Å²) < 4.78 is 1.96. The highest BCUT2D eigenvalue weighted by Crippen LogP contribution is 2.33. The van der Waals surface area contributed by atoms with Crippen LogP contribution in [0.1, 0.15) is 55.6 Å². The molecule has 0 aliphatic heterocycles. The van der Waals surface area contributed by atoms with E-state index in [0.717, 1.165) is 6.42 Å². The maximum Gasteiger partial charge on any atom is 0.352 e. The molecule has 0 radical (unpaired) electrons. The van der Waals surface area contributed by atoms with Gasteiger partial charge in [0.25, 0.3) is 0 Å². The third-order valence-electron chi connectivity index (χ3n) is 3.67. The fourth-order valence-corrected chi connectivity index (χ4v) is 2.75. The number of aromatic carboxylic acids is 1. The van der Waals surface area contributed by atoms with Crippen molar-refractivity contribution in [1.82, 2.24) is 4.57 Å². The molecule has 16 heavy (non-hydrogen) atoms. The fourth-order valence-electron chi connectivity index (χ4n) is 2.75. The average molecular weight is 221 g/mol. The third kappa shape index (κ3) is 2.13. The predicted molar refractivity (Wildman–Crippen MR) is 62.7 cm³/mol. The lowest BCUT2D eigenvalue weighted by Gasteiger charge is -2.24. The van der Waals surface area contributed by atoms with Gasteiger partial charge in [0.15, 0.2) is 0 Å². The second kappa shape index (κ2) is 4.73. The SMILES string of the molecule is CC1CCCCCC1n1cccc1C(=O)O. The van der Waals surface area contributed by atoms with Gasteiger partial charge in [-0.1, -0.05) is 26.2 Å². The van der Waals surface area contributed by atoms with Crippen LogP contribution < -0.4 is 0 Å². The van der Waals surface area contributed by atoms with Gasteiger partial charge in [0, 0.05) is 12.2 Å². The molecule has 2 rings (SSSR count). The van der Waals surface area contributed by atoms with Crippen molar-refractivity contribution in [2.75, 3.05) is 0 Å². The van der Waals surface area contributed by atoms with Crippen LogP contribution in [0.5, 0.6) is 0 Å². The Morgan fingerprint density at radius 3 is 2.88 bits per heavy atom. The Hall–Kier alpha value is -1.25. The van der Waals surface area contributed by atoms with Gasteiger partial charge in [0.1, 0.15) is 5.69 Å². The zero-order valence-corrected chi connectivity index (χ0v) is 9.72. The minimum Gasteiger partial charge on any atom is -0.477 e. The first-order valence-corrected chi connectivity index (χ1v) is 6.10. The molecule has 88 valence electrons. The van der Waals surface area contributed by atoms with Crippen LogP contribution in [0, 0.1) is 5.92 Å². The Labute approximate surface area is 96.1 Å². The molecule has 0 saturated heterocycles. The Morgan fingerprint density at radius 2 is 2.12 bits per heavy atom. The molecule has 1 aromatic heterocycles. The summed E-state index contributed by atoms with van der Waals surface area (Å²) in [5.74, 6) is -0.241. The summed E-state index contributed by atoms with van der Waals surface area (Å²) in [5.41, 5.74) is 0.429. The molecule has 3 nitrogen and oxygen atoms in total.